The lowest BCUT2D eigenvalue weighted by atomic mass is 9.86. The molecule has 1 atom stereocenters. The Bertz CT molecular complexity index is 301. The smallest absolute Gasteiger partial charge is 0.118 e. The van der Waals surface area contributed by atoms with Crippen LogP contribution in [0.25, 0.3) is 0 Å². The van der Waals surface area contributed by atoms with Crippen LogP contribution in [0.1, 0.15) is 32.3 Å². The van der Waals surface area contributed by atoms with Crippen molar-refractivity contribution < 1.29 is 9.47 Å². The number of methoxy groups -OCH3 is 2. The average Bonchev–Trinajstić information content (AvgIpc) is 2.28. The molecule has 1 aromatic rings. The fourth-order valence-electron chi connectivity index (χ4n) is 1.47. The van der Waals surface area contributed by atoms with Crippen LogP contribution in [0.5, 0.6) is 5.75 Å². The molecule has 0 aliphatic carbocycles. The second kappa shape index (κ2) is 4.67. The van der Waals surface area contributed by atoms with E-state index in [0.29, 0.717) is 5.92 Å². The molecule has 15 heavy (non-hydrogen) atoms. The largest absolute Gasteiger partial charge is 0.497 e. The molecule has 0 amide bonds. The van der Waals surface area contributed by atoms with Gasteiger partial charge in [0.25, 0.3) is 0 Å². The predicted octanol–water partition coefficient (Wildman–Crippen LogP) is 3.22. The van der Waals surface area contributed by atoms with E-state index in [1.54, 1.807) is 14.2 Å². The number of rotatable bonds is 4. The van der Waals surface area contributed by atoms with Crippen LogP contribution in [0.4, 0.5) is 0 Å². The summed E-state index contributed by atoms with van der Waals surface area (Å²) in [6.07, 6.45) is 0. The van der Waals surface area contributed by atoms with Gasteiger partial charge in [0.2, 0.25) is 0 Å². The lowest BCUT2D eigenvalue weighted by Crippen LogP contribution is -2.29. The Balaban J connectivity index is 2.87. The Labute approximate surface area is 92.2 Å². The van der Waals surface area contributed by atoms with Crippen LogP contribution in [0.3, 0.4) is 0 Å². The molecule has 2 heteroatoms. The van der Waals surface area contributed by atoms with Gasteiger partial charge in [-0.3, -0.25) is 0 Å². The van der Waals surface area contributed by atoms with Crippen molar-refractivity contribution in [3.8, 4) is 5.75 Å². The summed E-state index contributed by atoms with van der Waals surface area (Å²) in [7, 11) is 3.43. The van der Waals surface area contributed by atoms with Crippen LogP contribution in [-0.4, -0.2) is 19.8 Å². The molecule has 0 bridgehead atoms. The molecule has 0 aliphatic rings. The topological polar surface area (TPSA) is 18.5 Å². The second-order valence-electron chi connectivity index (χ2n) is 4.30. The highest BCUT2D eigenvalue weighted by molar-refractivity contribution is 5.30. The minimum Gasteiger partial charge on any atom is -0.497 e. The first kappa shape index (κ1) is 12.1. The molecule has 0 unspecified atom stereocenters. The number of hydrogen-bond donors (Lipinski definition) is 0. The second-order valence-corrected chi connectivity index (χ2v) is 4.30. The van der Waals surface area contributed by atoms with E-state index in [9.17, 15) is 0 Å². The molecule has 0 saturated carbocycles. The first-order valence-corrected chi connectivity index (χ1v) is 5.20. The summed E-state index contributed by atoms with van der Waals surface area (Å²) in [4.78, 5) is 0. The summed E-state index contributed by atoms with van der Waals surface area (Å²) in [5.74, 6) is 1.24. The summed E-state index contributed by atoms with van der Waals surface area (Å²) >= 11 is 0. The SMILES string of the molecule is COc1ccc([C@@H](C)C(C)(C)OC)cc1. The summed E-state index contributed by atoms with van der Waals surface area (Å²) in [5, 5.41) is 0. The number of ether oxygens (including phenoxy) is 2. The Morgan fingerprint density at radius 3 is 2.00 bits per heavy atom. The van der Waals surface area contributed by atoms with Crippen molar-refractivity contribution in [2.75, 3.05) is 14.2 Å². The van der Waals surface area contributed by atoms with Crippen LogP contribution < -0.4 is 4.74 Å². The molecule has 1 rings (SSSR count). The first-order chi connectivity index (χ1) is 7.01. The Morgan fingerprint density at radius 1 is 1.07 bits per heavy atom. The van der Waals surface area contributed by atoms with Gasteiger partial charge in [0.1, 0.15) is 5.75 Å². The van der Waals surface area contributed by atoms with Gasteiger partial charge in [0, 0.05) is 13.0 Å². The molecule has 0 saturated heterocycles. The number of hydrogen-bond acceptors (Lipinski definition) is 2. The molecule has 0 aromatic heterocycles. The maximum absolute atomic E-state index is 5.48. The highest BCUT2D eigenvalue weighted by Crippen LogP contribution is 2.30. The fourth-order valence-corrected chi connectivity index (χ4v) is 1.47. The monoisotopic (exact) mass is 208 g/mol. The third-order valence-corrected chi connectivity index (χ3v) is 3.18. The van der Waals surface area contributed by atoms with Gasteiger partial charge < -0.3 is 9.47 Å². The zero-order valence-corrected chi connectivity index (χ0v) is 10.2. The van der Waals surface area contributed by atoms with Crippen molar-refractivity contribution in [1.29, 1.82) is 0 Å². The van der Waals surface area contributed by atoms with Gasteiger partial charge >= 0.3 is 0 Å². The van der Waals surface area contributed by atoms with E-state index in [2.05, 4.69) is 32.9 Å². The normalized spacial score (nSPS) is 13.7. The standard InChI is InChI=1S/C13H20O2/c1-10(13(2,3)15-5)11-6-8-12(14-4)9-7-11/h6-10H,1-5H3/t10-/m1/s1. The molecule has 1 aromatic carbocycles. The summed E-state index contributed by atoms with van der Waals surface area (Å²) in [6.45, 7) is 6.37. The van der Waals surface area contributed by atoms with Gasteiger partial charge in [-0.05, 0) is 31.5 Å². The highest BCUT2D eigenvalue weighted by Gasteiger charge is 2.26. The van der Waals surface area contributed by atoms with Crippen LogP contribution in [0.15, 0.2) is 24.3 Å². The van der Waals surface area contributed by atoms with Crippen molar-refractivity contribution in [3.63, 3.8) is 0 Å². The Hall–Kier alpha value is -1.02. The molecular formula is C13H20O2. The molecule has 0 heterocycles. The van der Waals surface area contributed by atoms with Crippen LogP contribution in [-0.2, 0) is 4.74 Å². The van der Waals surface area contributed by atoms with Crippen LogP contribution >= 0.6 is 0 Å². The van der Waals surface area contributed by atoms with Gasteiger partial charge in [0.15, 0.2) is 0 Å². The van der Waals surface area contributed by atoms with Gasteiger partial charge in [0.05, 0.1) is 12.7 Å². The maximum atomic E-state index is 5.48. The minimum atomic E-state index is -0.144. The lowest BCUT2D eigenvalue weighted by Gasteiger charge is -2.30. The van der Waals surface area contributed by atoms with Gasteiger partial charge in [-0.2, -0.15) is 0 Å². The third kappa shape index (κ3) is 2.72. The van der Waals surface area contributed by atoms with Crippen LogP contribution in [0.2, 0.25) is 0 Å². The molecule has 0 N–H and O–H groups in total. The van der Waals surface area contributed by atoms with E-state index < -0.39 is 0 Å². The summed E-state index contributed by atoms with van der Waals surface area (Å²) in [6, 6.07) is 8.14. The van der Waals surface area contributed by atoms with Crippen molar-refractivity contribution in [2.24, 2.45) is 0 Å². The molecule has 0 aliphatic heterocycles. The highest BCUT2D eigenvalue weighted by atomic mass is 16.5. The third-order valence-electron chi connectivity index (χ3n) is 3.18. The molecular weight excluding hydrogens is 188 g/mol. The van der Waals surface area contributed by atoms with Gasteiger partial charge in [-0.1, -0.05) is 19.1 Å². The van der Waals surface area contributed by atoms with Crippen molar-refractivity contribution >= 4 is 0 Å². The average molecular weight is 208 g/mol. The van der Waals surface area contributed by atoms with E-state index in [-0.39, 0.29) is 5.60 Å². The van der Waals surface area contributed by atoms with Crippen molar-refractivity contribution in [3.05, 3.63) is 29.8 Å². The van der Waals surface area contributed by atoms with Gasteiger partial charge in [-0.25, -0.2) is 0 Å². The van der Waals surface area contributed by atoms with Crippen molar-refractivity contribution in [1.82, 2.24) is 0 Å². The number of benzene rings is 1. The zero-order valence-electron chi connectivity index (χ0n) is 10.2. The van der Waals surface area contributed by atoms with Crippen molar-refractivity contribution in [2.45, 2.75) is 32.3 Å². The Kier molecular flexibility index (Phi) is 3.75. The lowest BCUT2D eigenvalue weighted by molar-refractivity contribution is 0.00322. The zero-order chi connectivity index (χ0) is 11.5. The predicted molar refractivity (Wildman–Crippen MR) is 62.5 cm³/mol. The molecule has 0 spiro atoms. The quantitative estimate of drug-likeness (QED) is 0.756. The summed E-state index contributed by atoms with van der Waals surface area (Å²) < 4.78 is 10.6. The van der Waals surface area contributed by atoms with Gasteiger partial charge in [-0.15, -0.1) is 0 Å². The Morgan fingerprint density at radius 2 is 1.60 bits per heavy atom. The van der Waals surface area contributed by atoms with E-state index in [0.717, 1.165) is 5.75 Å². The molecule has 84 valence electrons. The molecule has 0 radical (unpaired) electrons. The molecule has 2 nitrogen and oxygen atoms in total. The van der Waals surface area contributed by atoms with E-state index in [4.69, 9.17) is 9.47 Å². The van der Waals surface area contributed by atoms with E-state index >= 15 is 0 Å². The van der Waals surface area contributed by atoms with E-state index in [1.807, 2.05) is 12.1 Å². The fraction of sp³-hybridized carbons (Fsp3) is 0.538. The van der Waals surface area contributed by atoms with E-state index in [1.165, 1.54) is 5.56 Å². The minimum absolute atomic E-state index is 0.144. The maximum Gasteiger partial charge on any atom is 0.118 e. The first-order valence-electron chi connectivity index (χ1n) is 5.20. The summed E-state index contributed by atoms with van der Waals surface area (Å²) in [5.41, 5.74) is 1.12. The molecule has 0 fully saturated rings. The van der Waals surface area contributed by atoms with Crippen LogP contribution in [0, 0.1) is 0 Å².